The molecule has 0 fully saturated rings. The molecule has 154 valence electrons. The zero-order valence-corrected chi connectivity index (χ0v) is 16.5. The van der Waals surface area contributed by atoms with Gasteiger partial charge in [-0.15, -0.1) is 0 Å². The fourth-order valence-electron chi connectivity index (χ4n) is 3.11. The summed E-state index contributed by atoms with van der Waals surface area (Å²) in [6.45, 7) is 1.92. The molecule has 0 aliphatic heterocycles. The minimum Gasteiger partial charge on any atom is -0.306 e. The topological polar surface area (TPSA) is 63.5 Å². The highest BCUT2D eigenvalue weighted by Gasteiger charge is 2.30. The van der Waals surface area contributed by atoms with Gasteiger partial charge < -0.3 is 4.40 Å². The second kappa shape index (κ2) is 7.17. The van der Waals surface area contributed by atoms with Crippen LogP contribution in [0.25, 0.3) is 16.9 Å². The van der Waals surface area contributed by atoms with Crippen molar-refractivity contribution in [3.8, 4) is 11.3 Å². The van der Waals surface area contributed by atoms with Crippen LogP contribution in [-0.2, 0) is 16.2 Å². The number of rotatable bonds is 4. The maximum atomic E-state index is 12.8. The molecule has 1 N–H and O–H groups in total. The molecule has 0 radical (unpaired) electrons. The van der Waals surface area contributed by atoms with Crippen molar-refractivity contribution in [2.75, 3.05) is 4.72 Å². The normalized spacial score (nSPS) is 12.3. The summed E-state index contributed by atoms with van der Waals surface area (Å²) in [6, 6.07) is 13.9. The smallest absolute Gasteiger partial charge is 0.306 e. The Morgan fingerprint density at radius 1 is 0.967 bits per heavy atom. The molecule has 0 unspecified atom stereocenters. The van der Waals surface area contributed by atoms with E-state index in [9.17, 15) is 21.6 Å². The van der Waals surface area contributed by atoms with Gasteiger partial charge in [0.2, 0.25) is 0 Å². The second-order valence-electron chi connectivity index (χ2n) is 6.72. The molecule has 2 heterocycles. The standard InChI is InChI=1S/C21H16F3N3O2S/c1-14-5-4-12-27-13-19(25-20(14)27)17-6-2-3-7-18(17)26-30(28,29)16-10-8-15(9-11-16)21(22,23)24/h2-13,26H,1H3. The van der Waals surface area contributed by atoms with Crippen molar-refractivity contribution in [2.45, 2.75) is 18.0 Å². The molecule has 0 aliphatic rings. The molecule has 0 amide bonds. The SMILES string of the molecule is Cc1cccn2cc(-c3ccccc3NS(=O)(=O)c3ccc(C(F)(F)F)cc3)nc12. The van der Waals surface area contributed by atoms with Crippen LogP contribution in [0.15, 0.2) is 78.0 Å². The van der Waals surface area contributed by atoms with Gasteiger partial charge in [-0.1, -0.05) is 24.3 Å². The van der Waals surface area contributed by atoms with Crippen molar-refractivity contribution in [3.05, 3.63) is 84.2 Å². The number of pyridine rings is 1. The number of hydrogen-bond donors (Lipinski definition) is 1. The lowest BCUT2D eigenvalue weighted by Gasteiger charge is -2.12. The Bertz CT molecular complexity index is 1330. The van der Waals surface area contributed by atoms with Crippen LogP contribution in [0.5, 0.6) is 0 Å². The number of para-hydroxylation sites is 1. The van der Waals surface area contributed by atoms with Crippen molar-refractivity contribution in [2.24, 2.45) is 0 Å². The van der Waals surface area contributed by atoms with Crippen LogP contribution < -0.4 is 4.72 Å². The van der Waals surface area contributed by atoms with Gasteiger partial charge in [0.05, 0.1) is 21.8 Å². The largest absolute Gasteiger partial charge is 0.416 e. The number of anilines is 1. The van der Waals surface area contributed by atoms with E-state index in [0.29, 0.717) is 11.3 Å². The molecule has 0 saturated carbocycles. The number of hydrogen-bond acceptors (Lipinski definition) is 3. The Labute approximate surface area is 170 Å². The number of imidazole rings is 1. The minimum absolute atomic E-state index is 0.267. The van der Waals surface area contributed by atoms with Crippen LogP contribution in [0.4, 0.5) is 18.9 Å². The average molecular weight is 431 g/mol. The molecule has 0 saturated heterocycles. The van der Waals surface area contributed by atoms with Crippen LogP contribution >= 0.6 is 0 Å². The van der Waals surface area contributed by atoms with Gasteiger partial charge in [0, 0.05) is 18.0 Å². The lowest BCUT2D eigenvalue weighted by atomic mass is 10.1. The van der Waals surface area contributed by atoms with Crippen molar-refractivity contribution in [1.29, 1.82) is 0 Å². The average Bonchev–Trinajstić information content (AvgIpc) is 3.13. The van der Waals surface area contributed by atoms with Crippen molar-refractivity contribution >= 4 is 21.4 Å². The van der Waals surface area contributed by atoms with E-state index >= 15 is 0 Å². The lowest BCUT2D eigenvalue weighted by molar-refractivity contribution is -0.137. The third kappa shape index (κ3) is 3.76. The van der Waals surface area contributed by atoms with E-state index in [1.807, 2.05) is 29.7 Å². The van der Waals surface area contributed by atoms with E-state index in [0.717, 1.165) is 35.5 Å². The van der Waals surface area contributed by atoms with Crippen LogP contribution in [0.3, 0.4) is 0 Å². The summed E-state index contributed by atoms with van der Waals surface area (Å²) in [5.41, 5.74) is 2.19. The van der Waals surface area contributed by atoms with E-state index in [4.69, 9.17) is 0 Å². The van der Waals surface area contributed by atoms with Crippen molar-refractivity contribution in [3.63, 3.8) is 0 Å². The summed E-state index contributed by atoms with van der Waals surface area (Å²) in [5, 5.41) is 0. The van der Waals surface area contributed by atoms with Gasteiger partial charge in [0.15, 0.2) is 0 Å². The molecule has 4 rings (SSSR count). The lowest BCUT2D eigenvalue weighted by Crippen LogP contribution is -2.14. The Kier molecular flexibility index (Phi) is 4.77. The number of aryl methyl sites for hydroxylation is 1. The summed E-state index contributed by atoms with van der Waals surface area (Å²) in [7, 11) is -4.10. The Balaban J connectivity index is 1.71. The molecule has 0 spiro atoms. The zero-order chi connectivity index (χ0) is 21.5. The fourth-order valence-corrected chi connectivity index (χ4v) is 4.19. The number of alkyl halides is 3. The molecule has 0 bridgehead atoms. The van der Waals surface area contributed by atoms with Gasteiger partial charge in [0.25, 0.3) is 10.0 Å². The highest BCUT2D eigenvalue weighted by Crippen LogP contribution is 2.32. The molecule has 9 heteroatoms. The maximum absolute atomic E-state index is 12.8. The summed E-state index contributed by atoms with van der Waals surface area (Å²) < 4.78 is 68.0. The number of aromatic nitrogens is 2. The molecule has 4 aromatic rings. The summed E-state index contributed by atoms with van der Waals surface area (Å²) in [4.78, 5) is 4.32. The number of halogens is 3. The third-order valence-electron chi connectivity index (χ3n) is 4.62. The predicted molar refractivity (Wildman–Crippen MR) is 108 cm³/mol. The van der Waals surface area contributed by atoms with Crippen LogP contribution in [0, 0.1) is 6.92 Å². The zero-order valence-electron chi connectivity index (χ0n) is 15.7. The van der Waals surface area contributed by atoms with E-state index in [2.05, 4.69) is 9.71 Å². The summed E-state index contributed by atoms with van der Waals surface area (Å²) in [6.07, 6.45) is -0.912. The number of benzene rings is 2. The molecule has 5 nitrogen and oxygen atoms in total. The van der Waals surface area contributed by atoms with Crippen LogP contribution in [0.2, 0.25) is 0 Å². The predicted octanol–water partition coefficient (Wildman–Crippen LogP) is 5.13. The maximum Gasteiger partial charge on any atom is 0.416 e. The summed E-state index contributed by atoms with van der Waals surface area (Å²) >= 11 is 0. The first-order valence-corrected chi connectivity index (χ1v) is 10.4. The third-order valence-corrected chi connectivity index (χ3v) is 6.00. The van der Waals surface area contributed by atoms with E-state index in [1.165, 1.54) is 0 Å². The summed E-state index contributed by atoms with van der Waals surface area (Å²) in [5.74, 6) is 0. The van der Waals surface area contributed by atoms with Gasteiger partial charge >= 0.3 is 6.18 Å². The Morgan fingerprint density at radius 3 is 2.33 bits per heavy atom. The second-order valence-corrected chi connectivity index (χ2v) is 8.40. The fraction of sp³-hybridized carbons (Fsp3) is 0.0952. The first kappa shape index (κ1) is 20.0. The van der Waals surface area contributed by atoms with Crippen molar-refractivity contribution < 1.29 is 21.6 Å². The number of nitrogens with one attached hydrogen (secondary N) is 1. The molecular weight excluding hydrogens is 415 g/mol. The van der Waals surface area contributed by atoms with Gasteiger partial charge in [-0.05, 0) is 48.9 Å². The van der Waals surface area contributed by atoms with E-state index < -0.39 is 21.8 Å². The monoisotopic (exact) mass is 431 g/mol. The first-order valence-electron chi connectivity index (χ1n) is 8.89. The van der Waals surface area contributed by atoms with Crippen LogP contribution in [0.1, 0.15) is 11.1 Å². The highest BCUT2D eigenvalue weighted by molar-refractivity contribution is 7.92. The number of fused-ring (bicyclic) bond motifs is 1. The van der Waals surface area contributed by atoms with Gasteiger partial charge in [-0.25, -0.2) is 13.4 Å². The molecular formula is C21H16F3N3O2S. The Morgan fingerprint density at radius 2 is 1.67 bits per heavy atom. The van der Waals surface area contributed by atoms with Gasteiger partial charge in [-0.3, -0.25) is 4.72 Å². The van der Waals surface area contributed by atoms with Crippen molar-refractivity contribution in [1.82, 2.24) is 9.38 Å². The Hall–Kier alpha value is -3.33. The van der Waals surface area contributed by atoms with Gasteiger partial charge in [-0.2, -0.15) is 13.2 Å². The quantitative estimate of drug-likeness (QED) is 0.487. The van der Waals surface area contributed by atoms with E-state index in [1.54, 1.807) is 30.5 Å². The molecule has 2 aromatic heterocycles. The molecule has 2 aromatic carbocycles. The van der Waals surface area contributed by atoms with E-state index in [-0.39, 0.29) is 10.6 Å². The molecule has 30 heavy (non-hydrogen) atoms. The van der Waals surface area contributed by atoms with Gasteiger partial charge in [0.1, 0.15) is 5.65 Å². The number of sulfonamides is 1. The first-order chi connectivity index (χ1) is 14.1. The molecule has 0 atom stereocenters. The molecule has 0 aliphatic carbocycles. The number of nitrogens with zero attached hydrogens (tertiary/aromatic N) is 2. The minimum atomic E-state index is -4.54. The van der Waals surface area contributed by atoms with Crippen LogP contribution in [-0.4, -0.2) is 17.8 Å². The highest BCUT2D eigenvalue weighted by atomic mass is 32.2.